The molecule has 0 atom stereocenters. The van der Waals surface area contributed by atoms with Crippen molar-refractivity contribution >= 4 is 33.1 Å². The number of halogens is 1. The lowest BCUT2D eigenvalue weighted by atomic mass is 10.2. The maximum absolute atomic E-state index is 4.49. The molecule has 3 nitrogen and oxygen atoms in total. The minimum Gasteiger partial charge on any atom is -0.370 e. The Bertz CT molecular complexity index is 485. The van der Waals surface area contributed by atoms with Gasteiger partial charge in [0.2, 0.25) is 0 Å². The van der Waals surface area contributed by atoms with Crippen molar-refractivity contribution in [2.75, 3.05) is 11.9 Å². The quantitative estimate of drug-likeness (QED) is 0.818. The van der Waals surface area contributed by atoms with E-state index in [4.69, 9.17) is 0 Å². The van der Waals surface area contributed by atoms with Gasteiger partial charge in [-0.15, -0.1) is 0 Å². The molecule has 2 aromatic heterocycles. The Morgan fingerprint density at radius 1 is 1.33 bits per heavy atom. The molecule has 2 rings (SSSR count). The Morgan fingerprint density at radius 2 is 2.22 bits per heavy atom. The molecule has 0 aromatic carbocycles. The Balaban J connectivity index is 1.92. The van der Waals surface area contributed by atoms with E-state index in [0.717, 1.165) is 42.1 Å². The van der Waals surface area contributed by atoms with Crippen LogP contribution in [0.5, 0.6) is 0 Å². The predicted molar refractivity (Wildman–Crippen MR) is 80.2 cm³/mol. The molecular formula is C13H16BrN3S. The lowest BCUT2D eigenvalue weighted by molar-refractivity contribution is 0.827. The molecular weight excluding hydrogens is 310 g/mol. The van der Waals surface area contributed by atoms with Crippen molar-refractivity contribution < 1.29 is 0 Å². The topological polar surface area (TPSA) is 37.8 Å². The molecule has 0 unspecified atom stereocenters. The Kier molecular flexibility index (Phi) is 5.13. The van der Waals surface area contributed by atoms with Crippen molar-refractivity contribution in [2.45, 2.75) is 26.2 Å². The van der Waals surface area contributed by atoms with Crippen molar-refractivity contribution in [1.82, 2.24) is 9.97 Å². The maximum Gasteiger partial charge on any atom is 0.132 e. The zero-order valence-corrected chi connectivity index (χ0v) is 12.7. The predicted octanol–water partition coefficient (Wildman–Crippen LogP) is 3.91. The van der Waals surface area contributed by atoms with Gasteiger partial charge in [-0.25, -0.2) is 9.97 Å². The van der Waals surface area contributed by atoms with Crippen LogP contribution in [-0.2, 0) is 12.8 Å². The highest BCUT2D eigenvalue weighted by molar-refractivity contribution is 9.10. The molecule has 0 aliphatic carbocycles. The van der Waals surface area contributed by atoms with Gasteiger partial charge in [-0.3, -0.25) is 0 Å². The van der Waals surface area contributed by atoms with Crippen molar-refractivity contribution in [3.63, 3.8) is 0 Å². The minimum atomic E-state index is 0.846. The van der Waals surface area contributed by atoms with E-state index in [9.17, 15) is 0 Å². The first-order valence-corrected chi connectivity index (χ1v) is 7.80. The summed E-state index contributed by atoms with van der Waals surface area (Å²) in [6, 6.07) is 4.08. The van der Waals surface area contributed by atoms with Crippen LogP contribution in [0.15, 0.2) is 27.5 Å². The Labute approximate surface area is 120 Å². The molecule has 5 heteroatoms. The summed E-state index contributed by atoms with van der Waals surface area (Å²) < 4.78 is 0.846. The van der Waals surface area contributed by atoms with Gasteiger partial charge in [0, 0.05) is 19.0 Å². The number of anilines is 1. The Morgan fingerprint density at radius 3 is 2.94 bits per heavy atom. The standard InChI is InChI=1S/C13H16BrN3S/c1-2-3-12-16-11(14)8-13(17-12)15-6-4-10-5-7-18-9-10/h5,7-9H,2-4,6H2,1H3,(H,15,16,17). The molecule has 0 aliphatic rings. The first-order chi connectivity index (χ1) is 8.78. The molecule has 2 heterocycles. The van der Waals surface area contributed by atoms with Crippen LogP contribution in [0.25, 0.3) is 0 Å². The van der Waals surface area contributed by atoms with Gasteiger partial charge >= 0.3 is 0 Å². The van der Waals surface area contributed by atoms with E-state index >= 15 is 0 Å². The monoisotopic (exact) mass is 325 g/mol. The van der Waals surface area contributed by atoms with Crippen molar-refractivity contribution in [1.29, 1.82) is 0 Å². The molecule has 96 valence electrons. The number of aromatic nitrogens is 2. The lowest BCUT2D eigenvalue weighted by Crippen LogP contribution is -2.08. The van der Waals surface area contributed by atoms with E-state index in [1.807, 2.05) is 6.07 Å². The van der Waals surface area contributed by atoms with Crippen LogP contribution in [0.2, 0.25) is 0 Å². The molecule has 0 fully saturated rings. The van der Waals surface area contributed by atoms with E-state index in [-0.39, 0.29) is 0 Å². The minimum absolute atomic E-state index is 0.846. The molecule has 0 amide bonds. The van der Waals surface area contributed by atoms with Crippen LogP contribution in [0.4, 0.5) is 5.82 Å². The fourth-order valence-electron chi connectivity index (χ4n) is 1.66. The normalized spacial score (nSPS) is 10.6. The molecule has 0 saturated heterocycles. The highest BCUT2D eigenvalue weighted by Gasteiger charge is 2.02. The second-order valence-electron chi connectivity index (χ2n) is 4.05. The summed E-state index contributed by atoms with van der Waals surface area (Å²) in [4.78, 5) is 8.84. The number of hydrogen-bond acceptors (Lipinski definition) is 4. The Hall–Kier alpha value is -0.940. The second kappa shape index (κ2) is 6.85. The zero-order chi connectivity index (χ0) is 12.8. The fraction of sp³-hybridized carbons (Fsp3) is 0.385. The molecule has 0 aliphatic heterocycles. The molecule has 1 N–H and O–H groups in total. The number of nitrogens with zero attached hydrogens (tertiary/aromatic N) is 2. The summed E-state index contributed by atoms with van der Waals surface area (Å²) >= 11 is 5.16. The molecule has 2 aromatic rings. The third kappa shape index (κ3) is 4.07. The first-order valence-electron chi connectivity index (χ1n) is 6.06. The number of aryl methyl sites for hydroxylation is 1. The summed E-state index contributed by atoms with van der Waals surface area (Å²) in [5, 5.41) is 7.63. The number of hydrogen-bond donors (Lipinski definition) is 1. The number of thiophene rings is 1. The van der Waals surface area contributed by atoms with Crippen LogP contribution in [0, 0.1) is 0 Å². The highest BCUT2D eigenvalue weighted by Crippen LogP contribution is 2.14. The van der Waals surface area contributed by atoms with E-state index in [1.54, 1.807) is 11.3 Å². The van der Waals surface area contributed by atoms with Crippen molar-refractivity contribution in [2.24, 2.45) is 0 Å². The SMILES string of the molecule is CCCc1nc(Br)cc(NCCc2ccsc2)n1. The maximum atomic E-state index is 4.49. The van der Waals surface area contributed by atoms with Gasteiger partial charge in [0.25, 0.3) is 0 Å². The first kappa shape index (κ1) is 13.5. The van der Waals surface area contributed by atoms with Crippen LogP contribution in [0.1, 0.15) is 24.7 Å². The van der Waals surface area contributed by atoms with E-state index < -0.39 is 0 Å². The van der Waals surface area contributed by atoms with E-state index in [1.165, 1.54) is 5.56 Å². The third-order valence-electron chi connectivity index (χ3n) is 2.51. The van der Waals surface area contributed by atoms with Crippen LogP contribution in [0.3, 0.4) is 0 Å². The lowest BCUT2D eigenvalue weighted by Gasteiger charge is -2.07. The van der Waals surface area contributed by atoms with Crippen molar-refractivity contribution in [3.05, 3.63) is 38.9 Å². The van der Waals surface area contributed by atoms with Gasteiger partial charge < -0.3 is 5.32 Å². The van der Waals surface area contributed by atoms with Crippen LogP contribution in [-0.4, -0.2) is 16.5 Å². The van der Waals surface area contributed by atoms with Gasteiger partial charge in [-0.1, -0.05) is 6.92 Å². The molecule has 0 bridgehead atoms. The fourth-order valence-corrected chi connectivity index (χ4v) is 2.79. The van der Waals surface area contributed by atoms with E-state index in [0.29, 0.717) is 0 Å². The molecule has 0 spiro atoms. The van der Waals surface area contributed by atoms with Gasteiger partial charge in [-0.05, 0) is 51.2 Å². The second-order valence-corrected chi connectivity index (χ2v) is 5.64. The molecule has 18 heavy (non-hydrogen) atoms. The molecule has 0 saturated carbocycles. The number of nitrogens with one attached hydrogen (secondary N) is 1. The third-order valence-corrected chi connectivity index (χ3v) is 3.65. The highest BCUT2D eigenvalue weighted by atomic mass is 79.9. The zero-order valence-electron chi connectivity index (χ0n) is 10.3. The summed E-state index contributed by atoms with van der Waals surface area (Å²) in [7, 11) is 0. The van der Waals surface area contributed by atoms with Crippen molar-refractivity contribution in [3.8, 4) is 0 Å². The number of rotatable bonds is 6. The smallest absolute Gasteiger partial charge is 0.132 e. The molecule has 0 radical (unpaired) electrons. The van der Waals surface area contributed by atoms with Gasteiger partial charge in [0.05, 0.1) is 0 Å². The summed E-state index contributed by atoms with van der Waals surface area (Å²) in [5.74, 6) is 1.79. The van der Waals surface area contributed by atoms with Crippen LogP contribution < -0.4 is 5.32 Å². The van der Waals surface area contributed by atoms with Gasteiger partial charge in [0.15, 0.2) is 0 Å². The van der Waals surface area contributed by atoms with Crippen LogP contribution >= 0.6 is 27.3 Å². The summed E-state index contributed by atoms with van der Waals surface area (Å²) in [6.45, 7) is 3.03. The average molecular weight is 326 g/mol. The largest absolute Gasteiger partial charge is 0.370 e. The summed E-state index contributed by atoms with van der Waals surface area (Å²) in [5.41, 5.74) is 1.37. The van der Waals surface area contributed by atoms with Gasteiger partial charge in [0.1, 0.15) is 16.2 Å². The van der Waals surface area contributed by atoms with E-state index in [2.05, 4.69) is 55.0 Å². The summed E-state index contributed by atoms with van der Waals surface area (Å²) in [6.07, 6.45) is 3.00. The average Bonchev–Trinajstić information content (AvgIpc) is 2.82. The van der Waals surface area contributed by atoms with Gasteiger partial charge in [-0.2, -0.15) is 11.3 Å².